The molecule has 122 valence electrons. The predicted octanol–water partition coefficient (Wildman–Crippen LogP) is 4.67. The zero-order valence-corrected chi connectivity index (χ0v) is 14.3. The highest BCUT2D eigenvalue weighted by atomic mass is 16.2. The van der Waals surface area contributed by atoms with Crippen molar-refractivity contribution in [1.82, 2.24) is 10.2 Å². The third-order valence-corrected chi connectivity index (χ3v) is 4.47. The van der Waals surface area contributed by atoms with Gasteiger partial charge in [0.15, 0.2) is 0 Å². The van der Waals surface area contributed by atoms with Crippen molar-refractivity contribution < 1.29 is 4.79 Å². The highest BCUT2D eigenvalue weighted by Crippen LogP contribution is 2.30. The molecule has 0 aliphatic carbocycles. The number of carbonyl (C=O) groups is 1. The Labute approximate surface area is 135 Å². The normalized spacial score (nSPS) is 19.1. The van der Waals surface area contributed by atoms with Crippen LogP contribution < -0.4 is 5.32 Å². The van der Waals surface area contributed by atoms with Crippen LogP contribution in [0.3, 0.4) is 0 Å². The smallest absolute Gasteiger partial charge is 0.317 e. The first kappa shape index (κ1) is 16.9. The van der Waals surface area contributed by atoms with Crippen molar-refractivity contribution in [2.24, 2.45) is 5.92 Å². The Balaban J connectivity index is 2.06. The first-order valence-corrected chi connectivity index (χ1v) is 8.69. The van der Waals surface area contributed by atoms with Crippen molar-refractivity contribution in [2.45, 2.75) is 58.9 Å². The lowest BCUT2D eigenvalue weighted by Crippen LogP contribution is -2.42. The van der Waals surface area contributed by atoms with E-state index in [1.54, 1.807) is 0 Å². The molecule has 1 aromatic rings. The number of benzene rings is 1. The molecule has 1 unspecified atom stereocenters. The summed E-state index contributed by atoms with van der Waals surface area (Å²) in [5.74, 6) is 0.623. The number of nitrogens with one attached hydrogen (secondary N) is 1. The van der Waals surface area contributed by atoms with Crippen LogP contribution in [-0.2, 0) is 0 Å². The van der Waals surface area contributed by atoms with Gasteiger partial charge in [-0.2, -0.15) is 0 Å². The third kappa shape index (κ3) is 4.75. The second kappa shape index (κ2) is 8.21. The highest BCUT2D eigenvalue weighted by molar-refractivity contribution is 5.74. The van der Waals surface area contributed by atoms with Crippen LogP contribution in [0.4, 0.5) is 4.79 Å². The van der Waals surface area contributed by atoms with Gasteiger partial charge < -0.3 is 10.2 Å². The van der Waals surface area contributed by atoms with E-state index in [1.165, 1.54) is 24.0 Å². The van der Waals surface area contributed by atoms with E-state index in [9.17, 15) is 4.79 Å². The predicted molar refractivity (Wildman–Crippen MR) is 91.9 cm³/mol. The molecule has 1 fully saturated rings. The first-order valence-electron chi connectivity index (χ1n) is 8.69. The molecule has 22 heavy (non-hydrogen) atoms. The maximum absolute atomic E-state index is 12.6. The molecule has 0 spiro atoms. The fourth-order valence-corrected chi connectivity index (χ4v) is 3.06. The lowest BCUT2D eigenvalue weighted by molar-refractivity contribution is 0.175. The van der Waals surface area contributed by atoms with Gasteiger partial charge in [-0.25, -0.2) is 4.79 Å². The summed E-state index contributed by atoms with van der Waals surface area (Å²) in [6, 6.07) is 8.99. The summed E-state index contributed by atoms with van der Waals surface area (Å²) in [6.45, 7) is 8.12. The van der Waals surface area contributed by atoms with Gasteiger partial charge >= 0.3 is 6.03 Å². The Kier molecular flexibility index (Phi) is 6.29. The molecule has 1 aromatic carbocycles. The van der Waals surface area contributed by atoms with Crippen LogP contribution in [0.1, 0.15) is 63.1 Å². The molecule has 0 saturated carbocycles. The van der Waals surface area contributed by atoms with E-state index < -0.39 is 0 Å². The molecule has 0 bridgehead atoms. The van der Waals surface area contributed by atoms with Crippen LogP contribution in [-0.4, -0.2) is 24.0 Å². The first-order chi connectivity index (χ1) is 10.6. The monoisotopic (exact) mass is 302 g/mol. The maximum Gasteiger partial charge on any atom is 0.317 e. The number of hydrogen-bond acceptors (Lipinski definition) is 1. The molecule has 3 heteroatoms. The summed E-state index contributed by atoms with van der Waals surface area (Å²) >= 11 is 0. The van der Waals surface area contributed by atoms with Crippen molar-refractivity contribution in [3.05, 3.63) is 35.4 Å². The molecule has 1 N–H and O–H groups in total. The molecule has 2 rings (SSSR count). The molecule has 1 saturated heterocycles. The molecule has 1 aliphatic heterocycles. The minimum Gasteiger partial charge on any atom is -0.338 e. The average molecular weight is 302 g/mol. The van der Waals surface area contributed by atoms with E-state index in [0.717, 1.165) is 32.4 Å². The molecule has 0 radical (unpaired) electrons. The van der Waals surface area contributed by atoms with Gasteiger partial charge in [-0.05, 0) is 37.7 Å². The average Bonchev–Trinajstić information content (AvgIpc) is 2.73. The molecular formula is C19H30N2O. The second-order valence-electron chi connectivity index (χ2n) is 6.88. The number of amides is 2. The van der Waals surface area contributed by atoms with E-state index in [0.29, 0.717) is 5.92 Å². The van der Waals surface area contributed by atoms with Crippen molar-refractivity contribution in [3.8, 4) is 0 Å². The summed E-state index contributed by atoms with van der Waals surface area (Å²) in [6.07, 6.45) is 5.64. The van der Waals surface area contributed by atoms with Crippen LogP contribution in [0, 0.1) is 12.8 Å². The fourth-order valence-electron chi connectivity index (χ4n) is 3.06. The quantitative estimate of drug-likeness (QED) is 0.861. The Bertz CT molecular complexity index is 467. The largest absolute Gasteiger partial charge is 0.338 e. The number of aryl methyl sites for hydroxylation is 1. The van der Waals surface area contributed by atoms with Gasteiger partial charge in [-0.1, -0.05) is 56.5 Å². The van der Waals surface area contributed by atoms with Gasteiger partial charge in [0.05, 0.1) is 6.04 Å². The Hall–Kier alpha value is -1.51. The van der Waals surface area contributed by atoms with Gasteiger partial charge in [0.1, 0.15) is 0 Å². The summed E-state index contributed by atoms with van der Waals surface area (Å²) in [4.78, 5) is 14.7. The number of nitrogens with zero attached hydrogens (tertiary/aromatic N) is 1. The molecular weight excluding hydrogens is 272 g/mol. The Morgan fingerprint density at radius 3 is 2.64 bits per heavy atom. The number of likely N-dealkylation sites (tertiary alicyclic amines) is 1. The van der Waals surface area contributed by atoms with Gasteiger partial charge in [0.2, 0.25) is 0 Å². The molecule has 2 amide bonds. The molecule has 1 heterocycles. The standard InChI is InChI=1S/C19H30N2O/c1-15(2)12-13-20-19(22)21-14-6-4-5-7-18(21)17-10-8-16(3)9-11-17/h8-11,15,18H,4-7,12-14H2,1-3H3,(H,20,22). The van der Waals surface area contributed by atoms with Gasteiger partial charge in [0.25, 0.3) is 0 Å². The molecule has 0 aromatic heterocycles. The van der Waals surface area contributed by atoms with E-state index in [2.05, 4.69) is 55.3 Å². The lowest BCUT2D eigenvalue weighted by atomic mass is 10.00. The number of carbonyl (C=O) groups excluding carboxylic acids is 1. The lowest BCUT2D eigenvalue weighted by Gasteiger charge is -2.30. The van der Waals surface area contributed by atoms with Crippen molar-refractivity contribution in [3.63, 3.8) is 0 Å². The van der Waals surface area contributed by atoms with E-state index in [4.69, 9.17) is 0 Å². The van der Waals surface area contributed by atoms with Gasteiger partial charge in [0, 0.05) is 13.1 Å². The van der Waals surface area contributed by atoms with Crippen molar-refractivity contribution in [1.29, 1.82) is 0 Å². The summed E-state index contributed by atoms with van der Waals surface area (Å²) in [7, 11) is 0. The van der Waals surface area contributed by atoms with Gasteiger partial charge in [-0.3, -0.25) is 0 Å². The van der Waals surface area contributed by atoms with E-state index in [1.807, 2.05) is 0 Å². The number of urea groups is 1. The SMILES string of the molecule is Cc1ccc(C2CCCCCN2C(=O)NCCC(C)C)cc1. The van der Waals surface area contributed by atoms with Crippen LogP contribution >= 0.6 is 0 Å². The zero-order chi connectivity index (χ0) is 15.9. The topological polar surface area (TPSA) is 32.3 Å². The highest BCUT2D eigenvalue weighted by Gasteiger charge is 2.26. The van der Waals surface area contributed by atoms with Crippen LogP contribution in [0.15, 0.2) is 24.3 Å². The van der Waals surface area contributed by atoms with Gasteiger partial charge in [-0.15, -0.1) is 0 Å². The Morgan fingerprint density at radius 1 is 1.23 bits per heavy atom. The summed E-state index contributed by atoms with van der Waals surface area (Å²) < 4.78 is 0. The minimum atomic E-state index is 0.105. The number of hydrogen-bond donors (Lipinski definition) is 1. The van der Waals surface area contributed by atoms with Crippen molar-refractivity contribution >= 4 is 6.03 Å². The molecule has 3 nitrogen and oxygen atoms in total. The maximum atomic E-state index is 12.6. The van der Waals surface area contributed by atoms with Crippen LogP contribution in [0.2, 0.25) is 0 Å². The summed E-state index contributed by atoms with van der Waals surface area (Å²) in [5.41, 5.74) is 2.54. The third-order valence-electron chi connectivity index (χ3n) is 4.47. The fraction of sp³-hybridized carbons (Fsp3) is 0.632. The van der Waals surface area contributed by atoms with E-state index in [-0.39, 0.29) is 12.1 Å². The van der Waals surface area contributed by atoms with Crippen LogP contribution in [0.25, 0.3) is 0 Å². The second-order valence-corrected chi connectivity index (χ2v) is 6.88. The summed E-state index contributed by atoms with van der Waals surface area (Å²) in [5, 5.41) is 3.11. The minimum absolute atomic E-state index is 0.105. The van der Waals surface area contributed by atoms with E-state index >= 15 is 0 Å². The van der Waals surface area contributed by atoms with Crippen LogP contribution in [0.5, 0.6) is 0 Å². The number of rotatable bonds is 4. The Morgan fingerprint density at radius 2 is 1.95 bits per heavy atom. The van der Waals surface area contributed by atoms with Crippen molar-refractivity contribution in [2.75, 3.05) is 13.1 Å². The molecule has 1 aliphatic rings. The molecule has 1 atom stereocenters. The zero-order valence-electron chi connectivity index (χ0n) is 14.3.